The van der Waals surface area contributed by atoms with Gasteiger partial charge in [0.2, 0.25) is 0 Å². The molecule has 0 saturated heterocycles. The van der Waals surface area contributed by atoms with Crippen LogP contribution in [0.15, 0.2) is 0 Å². The Morgan fingerprint density at radius 1 is 1.38 bits per heavy atom. The van der Waals surface area contributed by atoms with Crippen molar-refractivity contribution in [2.75, 3.05) is 21.3 Å². The van der Waals surface area contributed by atoms with Gasteiger partial charge in [0, 0.05) is 20.6 Å². The largest absolute Gasteiger partial charge is 0.354 e. The first-order chi connectivity index (χ1) is 6.29. The van der Waals surface area contributed by atoms with Gasteiger partial charge in [-0.05, 0) is 19.9 Å². The van der Waals surface area contributed by atoms with Gasteiger partial charge in [0.1, 0.15) is 0 Å². The molecule has 0 rings (SSSR count). The molecule has 0 saturated carbocycles. The first-order valence-electron chi connectivity index (χ1n) is 4.46. The third kappa shape index (κ3) is 4.89. The zero-order valence-electron chi connectivity index (χ0n) is 8.67. The number of rotatable bonds is 7. The van der Waals surface area contributed by atoms with Crippen LogP contribution in [-0.2, 0) is 9.47 Å². The maximum absolute atomic E-state index is 5.16. The molecular formula is C10H19NO2. The van der Waals surface area contributed by atoms with Gasteiger partial charge in [-0.25, -0.2) is 0 Å². The quantitative estimate of drug-likeness (QED) is 0.364. The third-order valence-corrected chi connectivity index (χ3v) is 2.00. The fourth-order valence-electron chi connectivity index (χ4n) is 1.27. The lowest BCUT2D eigenvalue weighted by Crippen LogP contribution is -2.39. The predicted molar refractivity (Wildman–Crippen MR) is 53.3 cm³/mol. The van der Waals surface area contributed by atoms with Crippen molar-refractivity contribution in [2.24, 2.45) is 0 Å². The molecule has 0 aromatic rings. The molecule has 0 bridgehead atoms. The fourth-order valence-corrected chi connectivity index (χ4v) is 1.27. The lowest BCUT2D eigenvalue weighted by Gasteiger charge is -2.23. The summed E-state index contributed by atoms with van der Waals surface area (Å²) in [5, 5.41) is 3.14. The van der Waals surface area contributed by atoms with E-state index in [0.717, 1.165) is 19.3 Å². The highest BCUT2D eigenvalue weighted by Gasteiger charge is 2.17. The molecular weight excluding hydrogens is 166 g/mol. The second-order valence-electron chi connectivity index (χ2n) is 2.83. The van der Waals surface area contributed by atoms with Gasteiger partial charge in [0.05, 0.1) is 6.04 Å². The third-order valence-electron chi connectivity index (χ3n) is 2.00. The maximum Gasteiger partial charge on any atom is 0.171 e. The van der Waals surface area contributed by atoms with Crippen LogP contribution in [0.5, 0.6) is 0 Å². The molecule has 0 fully saturated rings. The van der Waals surface area contributed by atoms with Gasteiger partial charge in [-0.3, -0.25) is 0 Å². The van der Waals surface area contributed by atoms with Gasteiger partial charge in [0.15, 0.2) is 6.29 Å². The topological polar surface area (TPSA) is 30.5 Å². The highest BCUT2D eigenvalue weighted by Crippen LogP contribution is 2.07. The Labute approximate surface area is 80.8 Å². The minimum absolute atomic E-state index is 0.192. The summed E-state index contributed by atoms with van der Waals surface area (Å²) in [5.74, 6) is 2.61. The molecule has 0 spiro atoms. The Morgan fingerprint density at radius 3 is 2.38 bits per heavy atom. The molecule has 0 amide bonds. The Kier molecular flexibility index (Phi) is 7.71. The number of hydrogen-bond acceptors (Lipinski definition) is 3. The molecule has 0 radical (unpaired) electrons. The summed E-state index contributed by atoms with van der Waals surface area (Å²) in [7, 11) is 5.17. The van der Waals surface area contributed by atoms with E-state index < -0.39 is 0 Å². The van der Waals surface area contributed by atoms with Crippen LogP contribution in [0.25, 0.3) is 0 Å². The van der Waals surface area contributed by atoms with Crippen LogP contribution in [0.2, 0.25) is 0 Å². The van der Waals surface area contributed by atoms with Gasteiger partial charge in [-0.2, -0.15) is 0 Å². The average Bonchev–Trinajstić information content (AvgIpc) is 2.17. The highest BCUT2D eigenvalue weighted by atomic mass is 16.7. The van der Waals surface area contributed by atoms with E-state index in [4.69, 9.17) is 15.9 Å². The van der Waals surface area contributed by atoms with Crippen molar-refractivity contribution in [2.45, 2.75) is 31.6 Å². The van der Waals surface area contributed by atoms with Crippen molar-refractivity contribution >= 4 is 0 Å². The average molecular weight is 185 g/mol. The molecule has 0 heterocycles. The molecule has 3 heteroatoms. The first-order valence-corrected chi connectivity index (χ1v) is 4.46. The Bertz CT molecular complexity index is 149. The van der Waals surface area contributed by atoms with Crippen LogP contribution in [0.4, 0.5) is 0 Å². The summed E-state index contributed by atoms with van der Waals surface area (Å²) in [6.07, 6.45) is 7.73. The molecule has 1 unspecified atom stereocenters. The van der Waals surface area contributed by atoms with Gasteiger partial charge in [-0.15, -0.1) is 12.3 Å². The van der Waals surface area contributed by atoms with Crippen molar-refractivity contribution < 1.29 is 9.47 Å². The van der Waals surface area contributed by atoms with Crippen molar-refractivity contribution in [3.63, 3.8) is 0 Å². The van der Waals surface area contributed by atoms with Crippen molar-refractivity contribution in [1.29, 1.82) is 0 Å². The molecule has 0 aromatic carbocycles. The number of ether oxygens (including phenoxy) is 2. The lowest BCUT2D eigenvalue weighted by molar-refractivity contribution is -0.123. The summed E-state index contributed by atoms with van der Waals surface area (Å²) in [6.45, 7) is 0. The summed E-state index contributed by atoms with van der Waals surface area (Å²) < 4.78 is 10.3. The minimum Gasteiger partial charge on any atom is -0.354 e. The van der Waals surface area contributed by atoms with Crippen LogP contribution in [-0.4, -0.2) is 33.6 Å². The standard InChI is InChI=1S/C10H19NO2/c1-5-6-7-8-9(11-2)10(12-3)13-4/h1,9-11H,6-8H2,2-4H3. The van der Waals surface area contributed by atoms with Gasteiger partial charge in [-0.1, -0.05) is 0 Å². The van der Waals surface area contributed by atoms with E-state index in [0.29, 0.717) is 0 Å². The zero-order chi connectivity index (χ0) is 10.1. The minimum atomic E-state index is -0.192. The highest BCUT2D eigenvalue weighted by molar-refractivity contribution is 4.84. The van der Waals surface area contributed by atoms with Gasteiger partial charge in [0.25, 0.3) is 0 Å². The second kappa shape index (κ2) is 8.06. The number of unbranched alkanes of at least 4 members (excludes halogenated alkanes) is 1. The van der Waals surface area contributed by atoms with Crippen molar-refractivity contribution in [3.05, 3.63) is 0 Å². The van der Waals surface area contributed by atoms with E-state index in [2.05, 4.69) is 11.2 Å². The number of likely N-dealkylation sites (N-methyl/N-ethyl adjacent to an activating group) is 1. The molecule has 13 heavy (non-hydrogen) atoms. The summed E-state index contributed by atoms with van der Waals surface area (Å²) in [6, 6.07) is 0.211. The summed E-state index contributed by atoms with van der Waals surface area (Å²) in [4.78, 5) is 0. The van der Waals surface area contributed by atoms with Crippen molar-refractivity contribution in [3.8, 4) is 12.3 Å². The van der Waals surface area contributed by atoms with Crippen molar-refractivity contribution in [1.82, 2.24) is 5.32 Å². The number of hydrogen-bond donors (Lipinski definition) is 1. The van der Waals surface area contributed by atoms with Crippen LogP contribution >= 0.6 is 0 Å². The maximum atomic E-state index is 5.16. The van der Waals surface area contributed by atoms with E-state index in [-0.39, 0.29) is 12.3 Å². The molecule has 0 aliphatic carbocycles. The normalized spacial score (nSPS) is 12.8. The number of nitrogens with one attached hydrogen (secondary N) is 1. The van der Waals surface area contributed by atoms with E-state index >= 15 is 0 Å². The van der Waals surface area contributed by atoms with E-state index in [9.17, 15) is 0 Å². The zero-order valence-corrected chi connectivity index (χ0v) is 8.67. The smallest absolute Gasteiger partial charge is 0.171 e. The van der Waals surface area contributed by atoms with Crippen LogP contribution in [0.3, 0.4) is 0 Å². The van der Waals surface area contributed by atoms with Gasteiger partial charge < -0.3 is 14.8 Å². The first kappa shape index (κ1) is 12.4. The molecule has 0 aromatic heterocycles. The van der Waals surface area contributed by atoms with E-state index in [1.807, 2.05) is 7.05 Å². The summed E-state index contributed by atoms with van der Waals surface area (Å²) >= 11 is 0. The Hall–Kier alpha value is -0.560. The Balaban J connectivity index is 3.79. The SMILES string of the molecule is C#CCCCC(NC)C(OC)OC. The fraction of sp³-hybridized carbons (Fsp3) is 0.800. The predicted octanol–water partition coefficient (Wildman–Crippen LogP) is 0.997. The Morgan fingerprint density at radius 2 is 2.00 bits per heavy atom. The molecule has 0 aliphatic heterocycles. The van der Waals surface area contributed by atoms with Crippen LogP contribution < -0.4 is 5.32 Å². The monoisotopic (exact) mass is 185 g/mol. The molecule has 0 aliphatic rings. The molecule has 1 atom stereocenters. The number of terminal acetylenes is 1. The van der Waals surface area contributed by atoms with Crippen LogP contribution in [0.1, 0.15) is 19.3 Å². The van der Waals surface area contributed by atoms with E-state index in [1.54, 1.807) is 14.2 Å². The van der Waals surface area contributed by atoms with Gasteiger partial charge >= 0.3 is 0 Å². The molecule has 76 valence electrons. The second-order valence-corrected chi connectivity index (χ2v) is 2.83. The van der Waals surface area contributed by atoms with Crippen LogP contribution in [0, 0.1) is 12.3 Å². The lowest BCUT2D eigenvalue weighted by atomic mass is 10.1. The molecule has 1 N–H and O–H groups in total. The molecule has 3 nitrogen and oxygen atoms in total. The number of methoxy groups -OCH3 is 2. The summed E-state index contributed by atoms with van der Waals surface area (Å²) in [5.41, 5.74) is 0. The van der Waals surface area contributed by atoms with E-state index in [1.165, 1.54) is 0 Å².